The number of carbonyl (C=O) groups is 2. The zero-order chi connectivity index (χ0) is 20.2. The fourth-order valence-electron chi connectivity index (χ4n) is 7.23. The Bertz CT molecular complexity index is 642. The van der Waals surface area contributed by atoms with E-state index in [-0.39, 0.29) is 40.8 Å². The van der Waals surface area contributed by atoms with E-state index in [9.17, 15) is 19.8 Å². The Balaban J connectivity index is 2.21. The Kier molecular flexibility index (Phi) is 5.22. The maximum absolute atomic E-state index is 13.2. The molecule has 0 aromatic rings. The number of hydrogen-bond donors (Lipinski definition) is 2. The molecule has 27 heavy (non-hydrogen) atoms. The Morgan fingerprint density at radius 3 is 2.56 bits per heavy atom. The van der Waals surface area contributed by atoms with Crippen LogP contribution in [0.2, 0.25) is 0 Å². The Labute approximate surface area is 163 Å². The van der Waals surface area contributed by atoms with Crippen molar-refractivity contribution in [3.63, 3.8) is 0 Å². The highest BCUT2D eigenvalue weighted by molar-refractivity contribution is 5.86. The molecule has 2 bridgehead atoms. The largest absolute Gasteiger partial charge is 0.392 e. The molecule has 2 N–H and O–H groups in total. The van der Waals surface area contributed by atoms with Crippen LogP contribution in [-0.2, 0) is 9.59 Å². The lowest BCUT2D eigenvalue weighted by molar-refractivity contribution is -0.177. The van der Waals surface area contributed by atoms with E-state index in [1.54, 1.807) is 0 Å². The zero-order valence-electron chi connectivity index (χ0n) is 17.3. The minimum Gasteiger partial charge on any atom is -0.392 e. The van der Waals surface area contributed by atoms with Gasteiger partial charge in [0, 0.05) is 24.2 Å². The lowest BCUT2D eigenvalue weighted by Gasteiger charge is -2.62. The van der Waals surface area contributed by atoms with Gasteiger partial charge in [-0.1, -0.05) is 33.8 Å². The van der Waals surface area contributed by atoms with Crippen molar-refractivity contribution < 1.29 is 19.8 Å². The summed E-state index contributed by atoms with van der Waals surface area (Å²) in [7, 11) is 0. The SMILES string of the molecule is C=C[C@]1(C)C[C@@H](CC(=O)CO)[C@@]2(C)C3C(=O)CC[C@@]3(CC[C@H]2C)C(C)C1O. The molecular weight excluding hydrogens is 340 g/mol. The van der Waals surface area contributed by atoms with Gasteiger partial charge in [0.15, 0.2) is 5.78 Å². The molecule has 0 heterocycles. The van der Waals surface area contributed by atoms with Gasteiger partial charge in [0.05, 0.1) is 6.10 Å². The maximum atomic E-state index is 13.2. The second-order valence-electron chi connectivity index (χ2n) is 10.2. The summed E-state index contributed by atoms with van der Waals surface area (Å²) >= 11 is 0. The number of aliphatic hydroxyl groups excluding tert-OH is 2. The van der Waals surface area contributed by atoms with Crippen molar-refractivity contribution in [2.24, 2.45) is 39.9 Å². The number of rotatable bonds is 4. The van der Waals surface area contributed by atoms with Crippen LogP contribution in [0.4, 0.5) is 0 Å². The summed E-state index contributed by atoms with van der Waals surface area (Å²) in [6.45, 7) is 12.1. The molecule has 0 aromatic carbocycles. The van der Waals surface area contributed by atoms with Crippen LogP contribution in [0.5, 0.6) is 0 Å². The zero-order valence-corrected chi connectivity index (χ0v) is 17.3. The molecule has 0 aliphatic heterocycles. The van der Waals surface area contributed by atoms with E-state index in [1.165, 1.54) is 0 Å². The van der Waals surface area contributed by atoms with Crippen molar-refractivity contribution in [2.45, 2.75) is 72.3 Å². The highest BCUT2D eigenvalue weighted by Gasteiger charge is 2.67. The molecule has 3 unspecified atom stereocenters. The van der Waals surface area contributed by atoms with Crippen LogP contribution < -0.4 is 0 Å². The molecule has 0 radical (unpaired) electrons. The van der Waals surface area contributed by atoms with Gasteiger partial charge in [-0.3, -0.25) is 9.59 Å². The summed E-state index contributed by atoms with van der Waals surface area (Å²) in [4.78, 5) is 25.5. The van der Waals surface area contributed by atoms with Gasteiger partial charge in [0.25, 0.3) is 0 Å². The van der Waals surface area contributed by atoms with Crippen LogP contribution in [0.15, 0.2) is 12.7 Å². The monoisotopic (exact) mass is 376 g/mol. The normalized spacial score (nSPS) is 49.9. The van der Waals surface area contributed by atoms with Gasteiger partial charge in [-0.2, -0.15) is 0 Å². The molecule has 8 atom stereocenters. The van der Waals surface area contributed by atoms with Crippen LogP contribution >= 0.6 is 0 Å². The van der Waals surface area contributed by atoms with Crippen molar-refractivity contribution in [3.8, 4) is 0 Å². The van der Waals surface area contributed by atoms with Gasteiger partial charge < -0.3 is 10.2 Å². The van der Waals surface area contributed by atoms with Gasteiger partial charge >= 0.3 is 0 Å². The van der Waals surface area contributed by atoms with Gasteiger partial charge in [0.2, 0.25) is 0 Å². The summed E-state index contributed by atoms with van der Waals surface area (Å²) in [5, 5.41) is 20.8. The second kappa shape index (κ2) is 6.81. The summed E-state index contributed by atoms with van der Waals surface area (Å²) in [6, 6.07) is 0. The fraction of sp³-hybridized carbons (Fsp3) is 0.826. The molecule has 3 rings (SSSR count). The van der Waals surface area contributed by atoms with E-state index in [4.69, 9.17) is 0 Å². The van der Waals surface area contributed by atoms with E-state index >= 15 is 0 Å². The van der Waals surface area contributed by atoms with Crippen molar-refractivity contribution >= 4 is 11.6 Å². The predicted octanol–water partition coefficient (Wildman–Crippen LogP) is 3.55. The lowest BCUT2D eigenvalue weighted by atomic mass is 9.41. The Morgan fingerprint density at radius 1 is 1.30 bits per heavy atom. The summed E-state index contributed by atoms with van der Waals surface area (Å²) in [5.74, 6) is 0.313. The van der Waals surface area contributed by atoms with Crippen molar-refractivity contribution in [3.05, 3.63) is 12.7 Å². The molecule has 152 valence electrons. The fourth-order valence-corrected chi connectivity index (χ4v) is 7.23. The topological polar surface area (TPSA) is 74.6 Å². The van der Waals surface area contributed by atoms with Crippen LogP contribution in [0.25, 0.3) is 0 Å². The number of carbonyl (C=O) groups excluding carboxylic acids is 2. The van der Waals surface area contributed by atoms with Crippen molar-refractivity contribution in [1.82, 2.24) is 0 Å². The molecule has 3 fully saturated rings. The average Bonchev–Trinajstić information content (AvgIpc) is 3.00. The second-order valence-corrected chi connectivity index (χ2v) is 10.2. The molecule has 0 aromatic heterocycles. The first-order valence-corrected chi connectivity index (χ1v) is 10.5. The molecule has 3 aliphatic carbocycles. The molecule has 0 saturated heterocycles. The standard InChI is InChI=1S/C23H36O4/c1-6-21(4)12-16(11-17(25)13-24)22(5)14(2)7-9-23(15(3)20(21)27)10-8-18(26)19(22)23/h6,14-16,19-20,24,27H,1,7-13H2,2-5H3/t14-,15?,16-,19?,20?,21-,22+,23+/m1/s1. The number of Topliss-reactive ketones (excluding diaryl/α,β-unsaturated/α-hetero) is 2. The van der Waals surface area contributed by atoms with E-state index in [0.29, 0.717) is 24.5 Å². The highest BCUT2D eigenvalue weighted by atomic mass is 16.3. The molecule has 0 amide bonds. The minimum atomic E-state index is -0.590. The van der Waals surface area contributed by atoms with E-state index in [2.05, 4.69) is 27.4 Å². The predicted molar refractivity (Wildman–Crippen MR) is 105 cm³/mol. The Morgan fingerprint density at radius 2 is 1.96 bits per heavy atom. The number of hydrogen-bond acceptors (Lipinski definition) is 4. The van der Waals surface area contributed by atoms with Crippen LogP contribution in [-0.4, -0.2) is 34.5 Å². The van der Waals surface area contributed by atoms with Crippen LogP contribution in [0.3, 0.4) is 0 Å². The molecule has 3 aliphatic rings. The molecular formula is C23H36O4. The molecule has 4 nitrogen and oxygen atoms in total. The third-order valence-corrected chi connectivity index (χ3v) is 9.20. The minimum absolute atomic E-state index is 0.0123. The average molecular weight is 377 g/mol. The van der Waals surface area contributed by atoms with Crippen LogP contribution in [0.1, 0.15) is 66.2 Å². The number of aliphatic hydroxyl groups is 2. The summed E-state index contributed by atoms with van der Waals surface area (Å²) in [5.41, 5.74) is -1.000. The van der Waals surface area contributed by atoms with Gasteiger partial charge in [0.1, 0.15) is 12.4 Å². The van der Waals surface area contributed by atoms with E-state index < -0.39 is 18.1 Å². The molecule has 4 heteroatoms. The molecule has 0 spiro atoms. The first-order chi connectivity index (χ1) is 12.6. The quantitative estimate of drug-likeness (QED) is 0.736. The highest BCUT2D eigenvalue weighted by Crippen LogP contribution is 2.69. The maximum Gasteiger partial charge on any atom is 0.158 e. The molecule has 3 saturated carbocycles. The van der Waals surface area contributed by atoms with Gasteiger partial charge in [-0.25, -0.2) is 0 Å². The smallest absolute Gasteiger partial charge is 0.158 e. The van der Waals surface area contributed by atoms with E-state index in [0.717, 1.165) is 19.3 Å². The summed E-state index contributed by atoms with van der Waals surface area (Å²) in [6.07, 6.45) is 5.55. The van der Waals surface area contributed by atoms with Gasteiger partial charge in [-0.15, -0.1) is 6.58 Å². The summed E-state index contributed by atoms with van der Waals surface area (Å²) < 4.78 is 0. The van der Waals surface area contributed by atoms with Crippen molar-refractivity contribution in [2.75, 3.05) is 6.61 Å². The van der Waals surface area contributed by atoms with E-state index in [1.807, 2.05) is 13.0 Å². The third kappa shape index (κ3) is 2.78. The lowest BCUT2D eigenvalue weighted by Crippen LogP contribution is -2.61. The third-order valence-electron chi connectivity index (χ3n) is 9.20. The Hall–Kier alpha value is -1.00. The number of ketones is 2. The van der Waals surface area contributed by atoms with Gasteiger partial charge in [-0.05, 0) is 54.3 Å². The van der Waals surface area contributed by atoms with Crippen molar-refractivity contribution in [1.29, 1.82) is 0 Å². The first-order valence-electron chi connectivity index (χ1n) is 10.5. The first kappa shape index (κ1) is 20.7. The van der Waals surface area contributed by atoms with Crippen LogP contribution in [0, 0.1) is 39.9 Å².